The molecule has 2 nitrogen and oxygen atoms in total. The van der Waals surface area contributed by atoms with Crippen molar-refractivity contribution in [3.8, 4) is 0 Å². The first-order valence-electron chi connectivity index (χ1n) is 8.36. The maximum absolute atomic E-state index is 10.4. The Morgan fingerprint density at radius 3 is 2.00 bits per heavy atom. The lowest BCUT2D eigenvalue weighted by Gasteiger charge is -2.24. The molecule has 0 saturated heterocycles. The summed E-state index contributed by atoms with van der Waals surface area (Å²) in [5.74, 6) is 0. The summed E-state index contributed by atoms with van der Waals surface area (Å²) in [6.07, 6.45) is 14.8. The molecule has 0 spiro atoms. The predicted octanol–water partition coefficient (Wildman–Crippen LogP) is 4.85. The fourth-order valence-corrected chi connectivity index (χ4v) is 2.59. The molecule has 0 aromatic heterocycles. The van der Waals surface area contributed by atoms with Crippen LogP contribution in [0.15, 0.2) is 46.6 Å². The molecule has 0 aromatic carbocycles. The largest absolute Gasteiger partial charge is 0.393 e. The molecule has 0 unspecified atom stereocenters. The first kappa shape index (κ1) is 18.9. The van der Waals surface area contributed by atoms with Gasteiger partial charge in [-0.3, -0.25) is 0 Å². The van der Waals surface area contributed by atoms with Gasteiger partial charge in [0, 0.05) is 0 Å². The van der Waals surface area contributed by atoms with Crippen LogP contribution in [0.3, 0.4) is 0 Å². The summed E-state index contributed by atoms with van der Waals surface area (Å²) in [6, 6.07) is 0. The van der Waals surface area contributed by atoms with Crippen LogP contribution in [0.1, 0.15) is 66.2 Å². The number of rotatable bonds is 2. The highest BCUT2D eigenvalue weighted by atomic mass is 16.3. The molecule has 2 N–H and O–H groups in total. The monoisotopic (exact) mass is 304 g/mol. The first-order chi connectivity index (χ1) is 10.3. The van der Waals surface area contributed by atoms with Gasteiger partial charge in [0.15, 0.2) is 0 Å². The van der Waals surface area contributed by atoms with Gasteiger partial charge in [0.25, 0.3) is 0 Å². The van der Waals surface area contributed by atoms with Crippen molar-refractivity contribution in [2.75, 3.05) is 6.61 Å². The van der Waals surface area contributed by atoms with Gasteiger partial charge < -0.3 is 10.2 Å². The van der Waals surface area contributed by atoms with E-state index in [1.165, 1.54) is 16.7 Å². The molecule has 0 aromatic rings. The summed E-state index contributed by atoms with van der Waals surface area (Å²) < 4.78 is 0. The molecule has 1 rings (SSSR count). The third-order valence-corrected chi connectivity index (χ3v) is 4.42. The number of hydrogen-bond acceptors (Lipinski definition) is 2. The van der Waals surface area contributed by atoms with Crippen LogP contribution in [0.5, 0.6) is 0 Å². The Bertz CT molecular complexity index is 476. The molecule has 1 aliphatic rings. The van der Waals surface area contributed by atoms with Crippen molar-refractivity contribution < 1.29 is 10.2 Å². The third-order valence-electron chi connectivity index (χ3n) is 4.42. The van der Waals surface area contributed by atoms with Gasteiger partial charge >= 0.3 is 0 Å². The Labute approximate surface area is 135 Å². The average molecular weight is 304 g/mol. The van der Waals surface area contributed by atoms with E-state index >= 15 is 0 Å². The summed E-state index contributed by atoms with van der Waals surface area (Å²) in [7, 11) is 0. The molecule has 0 amide bonds. The summed E-state index contributed by atoms with van der Waals surface area (Å²) in [5.41, 5.74) is 3.90. The lowest BCUT2D eigenvalue weighted by Crippen LogP contribution is -2.31. The molecule has 0 heterocycles. The van der Waals surface area contributed by atoms with Gasteiger partial charge in [-0.2, -0.15) is 0 Å². The van der Waals surface area contributed by atoms with Crippen molar-refractivity contribution in [3.63, 3.8) is 0 Å². The van der Waals surface area contributed by atoms with Crippen molar-refractivity contribution >= 4 is 0 Å². The van der Waals surface area contributed by atoms with Gasteiger partial charge in [-0.15, -0.1) is 0 Å². The third kappa shape index (κ3) is 6.76. The minimum Gasteiger partial charge on any atom is -0.393 e. The Morgan fingerprint density at radius 1 is 0.864 bits per heavy atom. The van der Waals surface area contributed by atoms with E-state index in [0.29, 0.717) is 0 Å². The van der Waals surface area contributed by atoms with Crippen molar-refractivity contribution in [2.45, 2.75) is 71.8 Å². The lowest BCUT2D eigenvalue weighted by atomic mass is 9.90. The highest BCUT2D eigenvalue weighted by Crippen LogP contribution is 2.24. The molecule has 0 aliphatic heterocycles. The van der Waals surface area contributed by atoms with Crippen LogP contribution in [0.4, 0.5) is 0 Å². The zero-order valence-electron chi connectivity index (χ0n) is 14.7. The van der Waals surface area contributed by atoms with E-state index in [0.717, 1.165) is 44.1 Å². The normalized spacial score (nSPS) is 31.2. The van der Waals surface area contributed by atoms with Crippen LogP contribution in [0, 0.1) is 0 Å². The number of aliphatic hydroxyl groups is 2. The predicted molar refractivity (Wildman–Crippen MR) is 94.8 cm³/mol. The minimum atomic E-state index is -1.13. The van der Waals surface area contributed by atoms with Gasteiger partial charge in [0.05, 0.1) is 6.61 Å². The number of hydrogen-bond donors (Lipinski definition) is 2. The van der Waals surface area contributed by atoms with E-state index in [1.807, 2.05) is 6.08 Å². The number of aliphatic hydroxyl groups excluding tert-OH is 1. The maximum atomic E-state index is 10.4. The fourth-order valence-electron chi connectivity index (χ4n) is 2.59. The Hall–Kier alpha value is -1.12. The van der Waals surface area contributed by atoms with Gasteiger partial charge in [-0.25, -0.2) is 0 Å². The fraction of sp³-hybridized carbons (Fsp3) is 0.600. The maximum Gasteiger partial charge on any atom is 0.106 e. The van der Waals surface area contributed by atoms with E-state index in [-0.39, 0.29) is 6.61 Å². The molecule has 2 heteroatoms. The SMILES string of the molecule is C/C1=C\C=C(\[C@@](C)(O)CO)CC/C(C)=C/CC/C(C)=C/CC1. The van der Waals surface area contributed by atoms with Crippen molar-refractivity contribution in [2.24, 2.45) is 0 Å². The second-order valence-corrected chi connectivity index (χ2v) is 6.82. The second kappa shape index (κ2) is 9.12. The summed E-state index contributed by atoms with van der Waals surface area (Å²) in [4.78, 5) is 0. The zero-order valence-corrected chi connectivity index (χ0v) is 14.7. The minimum absolute atomic E-state index is 0.240. The highest BCUT2D eigenvalue weighted by Gasteiger charge is 2.23. The highest BCUT2D eigenvalue weighted by molar-refractivity contribution is 5.25. The molecule has 22 heavy (non-hydrogen) atoms. The molecular formula is C20H32O2. The van der Waals surface area contributed by atoms with E-state index in [9.17, 15) is 10.2 Å². The summed E-state index contributed by atoms with van der Waals surface area (Å²) in [6.45, 7) is 7.94. The average Bonchev–Trinajstić information content (AvgIpc) is 2.46. The molecule has 0 saturated carbocycles. The molecule has 1 atom stereocenters. The van der Waals surface area contributed by atoms with Crippen LogP contribution in [0.25, 0.3) is 0 Å². The molecule has 0 radical (unpaired) electrons. The van der Waals surface area contributed by atoms with E-state index in [1.54, 1.807) is 6.92 Å². The number of allylic oxidation sites excluding steroid dienone is 7. The molecular weight excluding hydrogens is 272 g/mol. The Balaban J connectivity index is 3.00. The summed E-state index contributed by atoms with van der Waals surface area (Å²) >= 11 is 0. The quantitative estimate of drug-likeness (QED) is 0.716. The van der Waals surface area contributed by atoms with E-state index < -0.39 is 5.60 Å². The van der Waals surface area contributed by atoms with Crippen LogP contribution < -0.4 is 0 Å². The zero-order chi connectivity index (χ0) is 16.6. The lowest BCUT2D eigenvalue weighted by molar-refractivity contribution is 0.0307. The second-order valence-electron chi connectivity index (χ2n) is 6.82. The molecule has 124 valence electrons. The van der Waals surface area contributed by atoms with Gasteiger partial charge in [-0.05, 0) is 71.8 Å². The van der Waals surface area contributed by atoms with Crippen molar-refractivity contribution in [3.05, 3.63) is 46.6 Å². The van der Waals surface area contributed by atoms with Gasteiger partial charge in [-0.1, -0.05) is 41.0 Å². The van der Waals surface area contributed by atoms with Crippen LogP contribution in [-0.4, -0.2) is 22.4 Å². The molecule has 0 bridgehead atoms. The smallest absolute Gasteiger partial charge is 0.106 e. The van der Waals surface area contributed by atoms with E-state index in [4.69, 9.17) is 0 Å². The van der Waals surface area contributed by atoms with Gasteiger partial charge in [0.1, 0.15) is 5.60 Å². The summed E-state index contributed by atoms with van der Waals surface area (Å²) in [5, 5.41) is 19.8. The van der Waals surface area contributed by atoms with Crippen LogP contribution in [0.2, 0.25) is 0 Å². The topological polar surface area (TPSA) is 40.5 Å². The molecule has 1 aliphatic carbocycles. The van der Waals surface area contributed by atoms with Crippen molar-refractivity contribution in [1.82, 2.24) is 0 Å². The molecule has 0 fully saturated rings. The van der Waals surface area contributed by atoms with Gasteiger partial charge in [0.2, 0.25) is 0 Å². The van der Waals surface area contributed by atoms with Crippen molar-refractivity contribution in [1.29, 1.82) is 0 Å². The Kier molecular flexibility index (Phi) is 7.84. The van der Waals surface area contributed by atoms with Crippen LogP contribution >= 0.6 is 0 Å². The van der Waals surface area contributed by atoms with E-state index in [2.05, 4.69) is 39.0 Å². The Morgan fingerprint density at radius 2 is 1.41 bits per heavy atom. The first-order valence-corrected chi connectivity index (χ1v) is 8.36. The van der Waals surface area contributed by atoms with Crippen LogP contribution in [-0.2, 0) is 0 Å². The standard InChI is InChI=1S/C20H32O2/c1-16-7-5-9-17(2)11-13-19(20(4,22)15-21)14-12-18(3)10-6-8-16/h7,10-11,13,21-22H,5-6,8-9,12,14-15H2,1-4H3/b16-7+,17-11+,18-10+,19-13+/t20-/m0/s1.